The van der Waals surface area contributed by atoms with Gasteiger partial charge in [0.05, 0.1) is 11.4 Å². The largest absolute Gasteiger partial charge is 0.372 e. The van der Waals surface area contributed by atoms with Gasteiger partial charge in [0.25, 0.3) is 0 Å². The van der Waals surface area contributed by atoms with Gasteiger partial charge in [-0.2, -0.15) is 0 Å². The lowest BCUT2D eigenvalue weighted by Gasteiger charge is -2.38. The number of carbonyl (C=O) groups is 1. The summed E-state index contributed by atoms with van der Waals surface area (Å²) in [5, 5.41) is 3.43. The van der Waals surface area contributed by atoms with E-state index in [1.807, 2.05) is 4.90 Å². The first-order valence-corrected chi connectivity index (χ1v) is 7.50. The van der Waals surface area contributed by atoms with Crippen LogP contribution in [0.1, 0.15) is 38.8 Å². The quantitative estimate of drug-likeness (QED) is 0.910. The number of nitrogens with zero attached hydrogens (tertiary/aromatic N) is 1. The summed E-state index contributed by atoms with van der Waals surface area (Å²) in [5.74, 6) is 0.940. The minimum Gasteiger partial charge on any atom is -0.372 e. The fourth-order valence-corrected chi connectivity index (χ4v) is 2.66. The van der Waals surface area contributed by atoms with Gasteiger partial charge in [-0.15, -0.1) is 0 Å². The lowest BCUT2D eigenvalue weighted by atomic mass is 9.96. The molecular weight excluding hydrogens is 248 g/mol. The molecule has 0 bridgehead atoms. The topological polar surface area (TPSA) is 32.3 Å². The predicted molar refractivity (Wildman–Crippen MR) is 85.4 cm³/mol. The Hall–Kier alpha value is -1.51. The van der Waals surface area contributed by atoms with E-state index in [1.165, 1.54) is 11.1 Å². The Bertz CT molecular complexity index is 520. The zero-order valence-corrected chi connectivity index (χ0v) is 13.4. The van der Waals surface area contributed by atoms with E-state index in [-0.39, 0.29) is 17.9 Å². The zero-order chi connectivity index (χ0) is 15.0. The Labute approximate surface area is 122 Å². The minimum absolute atomic E-state index is 0.122. The van der Waals surface area contributed by atoms with Crippen LogP contribution in [0.3, 0.4) is 0 Å². The number of nitrogens with one attached hydrogen (secondary N) is 1. The highest BCUT2D eigenvalue weighted by Crippen LogP contribution is 2.35. The molecule has 1 aromatic rings. The van der Waals surface area contributed by atoms with Crippen LogP contribution in [0.15, 0.2) is 12.1 Å². The Morgan fingerprint density at radius 1 is 1.15 bits per heavy atom. The van der Waals surface area contributed by atoms with Crippen LogP contribution < -0.4 is 10.2 Å². The number of rotatable bonds is 3. The van der Waals surface area contributed by atoms with Crippen molar-refractivity contribution in [3.8, 4) is 0 Å². The average molecular weight is 274 g/mol. The molecule has 110 valence electrons. The molecule has 0 spiro atoms. The van der Waals surface area contributed by atoms with Crippen molar-refractivity contribution < 1.29 is 4.79 Å². The standard InChI is InChI=1S/C17H26N2O/c1-10(2)9-19-15-8-13(6)12(5)7-14(15)18-16(11(3)4)17(19)20/h7-8,10-11,16,18H,9H2,1-6H3. The second kappa shape index (κ2) is 5.47. The maximum Gasteiger partial charge on any atom is 0.249 e. The third kappa shape index (κ3) is 2.67. The maximum atomic E-state index is 12.7. The molecule has 3 nitrogen and oxygen atoms in total. The number of carbonyl (C=O) groups excluding carboxylic acids is 1. The van der Waals surface area contributed by atoms with Gasteiger partial charge >= 0.3 is 0 Å². The third-order valence-electron chi connectivity index (χ3n) is 3.96. The van der Waals surface area contributed by atoms with E-state index in [0.29, 0.717) is 5.92 Å². The van der Waals surface area contributed by atoms with E-state index in [0.717, 1.165) is 17.9 Å². The van der Waals surface area contributed by atoms with Crippen LogP contribution in [0.4, 0.5) is 11.4 Å². The van der Waals surface area contributed by atoms with Gasteiger partial charge in [-0.05, 0) is 48.9 Å². The average Bonchev–Trinajstić information content (AvgIpc) is 2.34. The fraction of sp³-hybridized carbons (Fsp3) is 0.588. The molecule has 2 rings (SSSR count). The summed E-state index contributed by atoms with van der Waals surface area (Å²) in [7, 11) is 0. The molecule has 0 saturated carbocycles. The van der Waals surface area contributed by atoms with E-state index >= 15 is 0 Å². The van der Waals surface area contributed by atoms with E-state index in [1.54, 1.807) is 0 Å². The molecular formula is C17H26N2O. The summed E-state index contributed by atoms with van der Waals surface area (Å²) in [4.78, 5) is 14.7. The van der Waals surface area contributed by atoms with Crippen molar-refractivity contribution >= 4 is 17.3 Å². The van der Waals surface area contributed by atoms with Crippen molar-refractivity contribution in [2.24, 2.45) is 11.8 Å². The Morgan fingerprint density at radius 2 is 1.75 bits per heavy atom. The van der Waals surface area contributed by atoms with Gasteiger partial charge in [-0.1, -0.05) is 27.7 Å². The van der Waals surface area contributed by atoms with Gasteiger partial charge < -0.3 is 10.2 Å². The van der Waals surface area contributed by atoms with E-state index in [4.69, 9.17) is 0 Å². The van der Waals surface area contributed by atoms with Crippen molar-refractivity contribution in [1.82, 2.24) is 0 Å². The predicted octanol–water partition coefficient (Wildman–Crippen LogP) is 3.74. The number of aryl methyl sites for hydroxylation is 2. The minimum atomic E-state index is -0.122. The zero-order valence-electron chi connectivity index (χ0n) is 13.4. The van der Waals surface area contributed by atoms with Crippen molar-refractivity contribution in [3.05, 3.63) is 23.3 Å². The van der Waals surface area contributed by atoms with E-state index < -0.39 is 0 Å². The molecule has 1 N–H and O–H groups in total. The third-order valence-corrected chi connectivity index (χ3v) is 3.96. The summed E-state index contributed by atoms with van der Waals surface area (Å²) in [6.07, 6.45) is 0. The highest BCUT2D eigenvalue weighted by atomic mass is 16.2. The van der Waals surface area contributed by atoms with E-state index in [2.05, 4.69) is 59.0 Å². The lowest BCUT2D eigenvalue weighted by molar-refractivity contribution is -0.120. The highest BCUT2D eigenvalue weighted by molar-refractivity contribution is 6.05. The number of amides is 1. The SMILES string of the molecule is Cc1cc2c(cc1C)N(CC(C)C)C(=O)C(C(C)C)N2. The first-order chi connectivity index (χ1) is 9.31. The van der Waals surface area contributed by atoms with Crippen molar-refractivity contribution in [2.75, 3.05) is 16.8 Å². The van der Waals surface area contributed by atoms with Crippen LogP contribution >= 0.6 is 0 Å². The Balaban J connectivity index is 2.49. The molecule has 1 atom stereocenters. The van der Waals surface area contributed by atoms with Gasteiger partial charge in [0.15, 0.2) is 0 Å². The number of fused-ring (bicyclic) bond motifs is 1. The first kappa shape index (κ1) is 14.9. The number of benzene rings is 1. The molecule has 0 radical (unpaired) electrons. The maximum absolute atomic E-state index is 12.7. The summed E-state index contributed by atoms with van der Waals surface area (Å²) < 4.78 is 0. The number of anilines is 2. The lowest BCUT2D eigenvalue weighted by Crippen LogP contribution is -2.50. The Kier molecular flexibility index (Phi) is 4.07. The second-order valence-corrected chi connectivity index (χ2v) is 6.66. The fourth-order valence-electron chi connectivity index (χ4n) is 2.66. The second-order valence-electron chi connectivity index (χ2n) is 6.66. The Morgan fingerprint density at radius 3 is 2.30 bits per heavy atom. The molecule has 1 aliphatic rings. The first-order valence-electron chi connectivity index (χ1n) is 7.50. The molecule has 0 aliphatic carbocycles. The molecule has 1 aromatic carbocycles. The molecule has 0 aromatic heterocycles. The molecule has 3 heteroatoms. The van der Waals surface area contributed by atoms with Crippen LogP contribution in [-0.4, -0.2) is 18.5 Å². The molecule has 0 fully saturated rings. The monoisotopic (exact) mass is 274 g/mol. The van der Waals surface area contributed by atoms with Gasteiger partial charge in [0.2, 0.25) is 5.91 Å². The van der Waals surface area contributed by atoms with Crippen LogP contribution in [0.25, 0.3) is 0 Å². The summed E-state index contributed by atoms with van der Waals surface area (Å²) in [5.41, 5.74) is 4.61. The van der Waals surface area contributed by atoms with Crippen LogP contribution in [0.2, 0.25) is 0 Å². The molecule has 1 aliphatic heterocycles. The molecule has 0 saturated heterocycles. The summed E-state index contributed by atoms with van der Waals surface area (Å²) >= 11 is 0. The van der Waals surface area contributed by atoms with Crippen molar-refractivity contribution in [2.45, 2.75) is 47.6 Å². The van der Waals surface area contributed by atoms with Crippen LogP contribution in [0, 0.1) is 25.7 Å². The van der Waals surface area contributed by atoms with Crippen LogP contribution in [-0.2, 0) is 4.79 Å². The van der Waals surface area contributed by atoms with Gasteiger partial charge in [0, 0.05) is 6.54 Å². The highest BCUT2D eigenvalue weighted by Gasteiger charge is 2.34. The smallest absolute Gasteiger partial charge is 0.249 e. The van der Waals surface area contributed by atoms with Gasteiger partial charge in [-0.3, -0.25) is 4.79 Å². The van der Waals surface area contributed by atoms with Gasteiger partial charge in [-0.25, -0.2) is 0 Å². The van der Waals surface area contributed by atoms with Crippen molar-refractivity contribution in [3.63, 3.8) is 0 Å². The van der Waals surface area contributed by atoms with Gasteiger partial charge in [0.1, 0.15) is 6.04 Å². The normalized spacial score (nSPS) is 18.5. The molecule has 1 unspecified atom stereocenters. The number of hydrogen-bond donors (Lipinski definition) is 1. The number of hydrogen-bond acceptors (Lipinski definition) is 2. The molecule has 1 amide bonds. The summed E-state index contributed by atoms with van der Waals surface area (Å²) in [6.45, 7) is 13.5. The molecule has 20 heavy (non-hydrogen) atoms. The summed E-state index contributed by atoms with van der Waals surface area (Å²) in [6, 6.07) is 4.18. The van der Waals surface area contributed by atoms with Crippen LogP contribution in [0.5, 0.6) is 0 Å². The van der Waals surface area contributed by atoms with Crippen molar-refractivity contribution in [1.29, 1.82) is 0 Å². The molecule has 1 heterocycles. The van der Waals surface area contributed by atoms with E-state index in [9.17, 15) is 4.79 Å².